The molecule has 20 heavy (non-hydrogen) atoms. The maximum absolute atomic E-state index is 9.57. The van der Waals surface area contributed by atoms with Crippen molar-refractivity contribution in [3.8, 4) is 0 Å². The Kier molecular flexibility index (Phi) is 3.67. The molecule has 3 fully saturated rings. The van der Waals surface area contributed by atoms with Crippen LogP contribution in [0.1, 0.15) is 59.3 Å². The Balaban J connectivity index is 1.98. The van der Waals surface area contributed by atoms with Crippen LogP contribution in [0.5, 0.6) is 0 Å². The summed E-state index contributed by atoms with van der Waals surface area (Å²) in [6, 6.07) is 0. The van der Waals surface area contributed by atoms with Crippen molar-refractivity contribution in [3.63, 3.8) is 0 Å². The summed E-state index contributed by atoms with van der Waals surface area (Å²) < 4.78 is 12.4. The number of hydrogen-bond donors (Lipinski definition) is 1. The molecule has 3 heteroatoms. The zero-order valence-corrected chi connectivity index (χ0v) is 13.3. The predicted octanol–water partition coefficient (Wildman–Crippen LogP) is 3.35. The smallest absolute Gasteiger partial charge is 0.174 e. The molecule has 2 aliphatic carbocycles. The monoisotopic (exact) mass is 282 g/mol. The molecule has 1 N–H and O–H groups in total. The van der Waals surface area contributed by atoms with Crippen LogP contribution in [0.4, 0.5) is 0 Å². The first kappa shape index (κ1) is 14.8. The molecule has 0 radical (unpaired) electrons. The van der Waals surface area contributed by atoms with Crippen LogP contribution in [-0.2, 0) is 9.47 Å². The van der Waals surface area contributed by atoms with E-state index in [1.54, 1.807) is 0 Å². The summed E-state index contributed by atoms with van der Waals surface area (Å²) in [5, 5.41) is 9.57. The van der Waals surface area contributed by atoms with Gasteiger partial charge in [-0.2, -0.15) is 0 Å². The van der Waals surface area contributed by atoms with Gasteiger partial charge in [-0.1, -0.05) is 20.8 Å². The second kappa shape index (κ2) is 4.96. The molecule has 1 heterocycles. The van der Waals surface area contributed by atoms with Crippen molar-refractivity contribution in [2.24, 2.45) is 22.7 Å². The highest BCUT2D eigenvalue weighted by atomic mass is 16.7. The van der Waals surface area contributed by atoms with Crippen molar-refractivity contribution in [1.29, 1.82) is 0 Å². The highest BCUT2D eigenvalue weighted by Gasteiger charge is 2.64. The molecule has 0 aromatic rings. The minimum atomic E-state index is -0.341. The maximum Gasteiger partial charge on any atom is 0.174 e. The predicted molar refractivity (Wildman–Crippen MR) is 78.3 cm³/mol. The minimum Gasteiger partial charge on any atom is -0.396 e. The summed E-state index contributed by atoms with van der Waals surface area (Å²) in [4.78, 5) is 0. The molecule has 2 saturated carbocycles. The minimum absolute atomic E-state index is 0.109. The third-order valence-electron chi connectivity index (χ3n) is 7.06. The average Bonchev–Trinajstić information content (AvgIpc) is 2.88. The van der Waals surface area contributed by atoms with Crippen LogP contribution in [0.3, 0.4) is 0 Å². The summed E-state index contributed by atoms with van der Waals surface area (Å²) in [6.07, 6.45) is 6.81. The first-order valence-electron chi connectivity index (χ1n) is 8.37. The Morgan fingerprint density at radius 3 is 2.45 bits per heavy atom. The van der Waals surface area contributed by atoms with Crippen LogP contribution in [0.25, 0.3) is 0 Å². The number of ether oxygens (including phenoxy) is 2. The van der Waals surface area contributed by atoms with Crippen molar-refractivity contribution >= 4 is 0 Å². The molecule has 0 aromatic heterocycles. The van der Waals surface area contributed by atoms with E-state index in [1.807, 2.05) is 0 Å². The maximum atomic E-state index is 9.57. The average molecular weight is 282 g/mol. The van der Waals surface area contributed by atoms with Gasteiger partial charge in [-0.25, -0.2) is 0 Å². The molecular weight excluding hydrogens is 252 g/mol. The molecule has 4 atom stereocenters. The van der Waals surface area contributed by atoms with Crippen LogP contribution < -0.4 is 0 Å². The summed E-state index contributed by atoms with van der Waals surface area (Å²) in [7, 11) is 0. The van der Waals surface area contributed by atoms with Crippen molar-refractivity contribution in [2.75, 3.05) is 19.8 Å². The highest BCUT2D eigenvalue weighted by Crippen LogP contribution is 2.65. The Labute approximate surface area is 123 Å². The first-order valence-corrected chi connectivity index (χ1v) is 8.37. The fourth-order valence-corrected chi connectivity index (χ4v) is 5.61. The molecule has 3 nitrogen and oxygen atoms in total. The van der Waals surface area contributed by atoms with E-state index in [1.165, 1.54) is 25.7 Å². The van der Waals surface area contributed by atoms with Gasteiger partial charge in [0.2, 0.25) is 0 Å². The SMILES string of the molecule is C[C@H]1CC[C@]2(C)[C@H](CCCC23OCCO3)[C@@]1(C)CCO. The van der Waals surface area contributed by atoms with Crippen LogP contribution in [0.15, 0.2) is 0 Å². The molecule has 3 rings (SSSR count). The van der Waals surface area contributed by atoms with Gasteiger partial charge in [0, 0.05) is 18.4 Å². The van der Waals surface area contributed by atoms with Crippen molar-refractivity contribution in [3.05, 3.63) is 0 Å². The van der Waals surface area contributed by atoms with Crippen molar-refractivity contribution < 1.29 is 14.6 Å². The van der Waals surface area contributed by atoms with Gasteiger partial charge in [0.15, 0.2) is 5.79 Å². The second-order valence-corrected chi connectivity index (χ2v) is 7.73. The quantitative estimate of drug-likeness (QED) is 0.844. The number of aliphatic hydroxyl groups is 1. The van der Waals surface area contributed by atoms with Crippen LogP contribution in [0.2, 0.25) is 0 Å². The molecule has 1 aliphatic heterocycles. The fourth-order valence-electron chi connectivity index (χ4n) is 5.61. The molecular formula is C17H30O3. The summed E-state index contributed by atoms with van der Waals surface area (Å²) >= 11 is 0. The molecule has 1 spiro atoms. The molecule has 0 aromatic carbocycles. The molecule has 3 aliphatic rings. The van der Waals surface area contributed by atoms with Crippen LogP contribution in [-0.4, -0.2) is 30.7 Å². The fraction of sp³-hybridized carbons (Fsp3) is 1.00. The lowest BCUT2D eigenvalue weighted by atomic mass is 9.45. The second-order valence-electron chi connectivity index (χ2n) is 7.73. The summed E-state index contributed by atoms with van der Waals surface area (Å²) in [5.74, 6) is 0.925. The lowest BCUT2D eigenvalue weighted by Crippen LogP contribution is -2.61. The zero-order valence-electron chi connectivity index (χ0n) is 13.3. The first-order chi connectivity index (χ1) is 9.48. The van der Waals surface area contributed by atoms with Crippen molar-refractivity contribution in [1.82, 2.24) is 0 Å². The topological polar surface area (TPSA) is 38.7 Å². The molecule has 0 bridgehead atoms. The van der Waals surface area contributed by atoms with E-state index in [-0.39, 0.29) is 16.6 Å². The molecule has 116 valence electrons. The highest BCUT2D eigenvalue weighted by molar-refractivity contribution is 5.09. The van der Waals surface area contributed by atoms with Crippen molar-refractivity contribution in [2.45, 2.75) is 65.1 Å². The van der Waals surface area contributed by atoms with Crippen LogP contribution in [0, 0.1) is 22.7 Å². The Morgan fingerprint density at radius 1 is 1.10 bits per heavy atom. The van der Waals surface area contributed by atoms with Gasteiger partial charge < -0.3 is 14.6 Å². The third-order valence-corrected chi connectivity index (χ3v) is 7.06. The Hall–Kier alpha value is -0.120. The lowest BCUT2D eigenvalue weighted by Gasteiger charge is -2.62. The Bertz CT molecular complexity index is 363. The van der Waals surface area contributed by atoms with E-state index in [9.17, 15) is 5.11 Å². The standard InChI is InChI=1S/C17H30O3/c1-13-6-8-16(3)14(15(13,2)9-10-18)5-4-7-17(16)19-11-12-20-17/h13-14,18H,4-12H2,1-3H3/t13-,14+,15-,16+/m0/s1. The summed E-state index contributed by atoms with van der Waals surface area (Å²) in [6.45, 7) is 8.94. The number of aliphatic hydroxyl groups excluding tert-OH is 1. The normalized spacial score (nSPS) is 47.4. The van der Waals surface area contributed by atoms with Crippen LogP contribution >= 0.6 is 0 Å². The van der Waals surface area contributed by atoms with E-state index in [0.29, 0.717) is 18.4 Å². The van der Waals surface area contributed by atoms with Gasteiger partial charge in [-0.3, -0.25) is 0 Å². The van der Waals surface area contributed by atoms with Gasteiger partial charge in [-0.05, 0) is 49.4 Å². The van der Waals surface area contributed by atoms with E-state index in [0.717, 1.165) is 26.1 Å². The molecule has 1 saturated heterocycles. The largest absolute Gasteiger partial charge is 0.396 e. The number of rotatable bonds is 2. The lowest BCUT2D eigenvalue weighted by molar-refractivity contribution is -0.298. The van der Waals surface area contributed by atoms with Gasteiger partial charge in [0.1, 0.15) is 0 Å². The van der Waals surface area contributed by atoms with Gasteiger partial charge in [-0.15, -0.1) is 0 Å². The zero-order chi connectivity index (χ0) is 14.4. The van der Waals surface area contributed by atoms with E-state index >= 15 is 0 Å². The molecule has 0 amide bonds. The molecule has 0 unspecified atom stereocenters. The van der Waals surface area contributed by atoms with Gasteiger partial charge in [0.05, 0.1) is 13.2 Å². The van der Waals surface area contributed by atoms with Gasteiger partial charge >= 0.3 is 0 Å². The van der Waals surface area contributed by atoms with E-state index in [4.69, 9.17) is 9.47 Å². The third kappa shape index (κ3) is 1.82. The summed E-state index contributed by atoms with van der Waals surface area (Å²) in [5.41, 5.74) is 0.322. The van der Waals surface area contributed by atoms with Gasteiger partial charge in [0.25, 0.3) is 0 Å². The Morgan fingerprint density at radius 2 is 1.80 bits per heavy atom. The number of fused-ring (bicyclic) bond motifs is 2. The van der Waals surface area contributed by atoms with E-state index < -0.39 is 0 Å². The van der Waals surface area contributed by atoms with E-state index in [2.05, 4.69) is 20.8 Å². The number of hydrogen-bond acceptors (Lipinski definition) is 3.